The van der Waals surface area contributed by atoms with Gasteiger partial charge in [0, 0.05) is 113 Å². The Balaban J connectivity index is 2.45. The molecule has 0 amide bonds. The Labute approximate surface area is 274 Å². The van der Waals surface area contributed by atoms with E-state index in [4.69, 9.17) is 9.97 Å². The molecule has 0 saturated carbocycles. The molecule has 46 heavy (non-hydrogen) atoms. The van der Waals surface area contributed by atoms with Gasteiger partial charge in [0.25, 0.3) is 0 Å². The minimum absolute atomic E-state index is 0.761. The van der Waals surface area contributed by atoms with Gasteiger partial charge in [-0.1, -0.05) is 0 Å². The first-order chi connectivity index (χ1) is 21.6. The van der Waals surface area contributed by atoms with Crippen LogP contribution in [0.5, 0.6) is 0 Å². The zero-order valence-corrected chi connectivity index (χ0v) is 30.6. The minimum Gasteiger partial charge on any atom is -0.349 e. The number of rotatable bonds is 4. The molecule has 250 valence electrons. The summed E-state index contributed by atoms with van der Waals surface area (Å²) in [6.45, 7) is 0. The quantitative estimate of drug-likeness (QED) is 0.243. The van der Waals surface area contributed by atoms with E-state index in [1.807, 2.05) is 104 Å². The molecule has 0 atom stereocenters. The summed E-state index contributed by atoms with van der Waals surface area (Å²) in [6, 6.07) is 8.28. The molecule has 0 spiro atoms. The van der Waals surface area contributed by atoms with Crippen LogP contribution in [0.3, 0.4) is 0 Å². The van der Waals surface area contributed by atoms with Crippen LogP contribution >= 0.6 is 0 Å². The summed E-state index contributed by atoms with van der Waals surface area (Å²) in [5, 5.41) is 0. The van der Waals surface area contributed by atoms with Gasteiger partial charge in [0.1, 0.15) is 0 Å². The second-order valence-corrected chi connectivity index (χ2v) is 11.8. The molecule has 1 aromatic heterocycles. The third-order valence-electron chi connectivity index (χ3n) is 7.67. The van der Waals surface area contributed by atoms with Crippen LogP contribution in [0.25, 0.3) is 22.1 Å². The largest absolute Gasteiger partial charge is 0.349 e. The van der Waals surface area contributed by atoms with Gasteiger partial charge >= 0.3 is 0 Å². The standard InChI is InChI=1S/C32H52N14/c1-33-29(39(5)6)43(13)25-17-21-22(18-26(25)44(14)30(34-2)40(7)8)38-24-20-28(46(16)32(36-4)42(11)12)27(19-23(24)37-21)45(15)31(35-3)41(9)10/h17-20H,1-16H3. The van der Waals surface area contributed by atoms with Crippen LogP contribution in [-0.4, -0.2) is 166 Å². The van der Waals surface area contributed by atoms with Crippen molar-refractivity contribution in [2.45, 2.75) is 0 Å². The van der Waals surface area contributed by atoms with Crippen LogP contribution in [0.1, 0.15) is 0 Å². The number of anilines is 4. The second kappa shape index (κ2) is 14.5. The molecule has 0 aliphatic rings. The Hall–Kier alpha value is -4.88. The molecule has 0 saturated heterocycles. The molecular weight excluding hydrogens is 580 g/mol. The van der Waals surface area contributed by atoms with Crippen LogP contribution in [-0.2, 0) is 0 Å². The van der Waals surface area contributed by atoms with Gasteiger partial charge in [0.2, 0.25) is 0 Å². The highest BCUT2D eigenvalue weighted by Crippen LogP contribution is 2.37. The maximum atomic E-state index is 5.18. The zero-order chi connectivity index (χ0) is 34.6. The molecule has 1 heterocycles. The van der Waals surface area contributed by atoms with Gasteiger partial charge in [-0.15, -0.1) is 0 Å². The first kappa shape index (κ1) is 35.6. The van der Waals surface area contributed by atoms with E-state index in [1.165, 1.54) is 0 Å². The van der Waals surface area contributed by atoms with Crippen molar-refractivity contribution in [1.82, 2.24) is 29.6 Å². The number of hydrogen-bond acceptors (Lipinski definition) is 6. The summed E-state index contributed by atoms with van der Waals surface area (Å²) >= 11 is 0. The van der Waals surface area contributed by atoms with Crippen molar-refractivity contribution in [1.29, 1.82) is 0 Å². The van der Waals surface area contributed by atoms with Crippen LogP contribution in [0.2, 0.25) is 0 Å². The zero-order valence-electron chi connectivity index (χ0n) is 30.6. The van der Waals surface area contributed by atoms with Gasteiger partial charge in [-0.05, 0) is 24.3 Å². The molecule has 14 nitrogen and oxygen atoms in total. The molecule has 0 fully saturated rings. The van der Waals surface area contributed by atoms with Crippen LogP contribution in [0, 0.1) is 0 Å². The molecule has 2 aromatic carbocycles. The van der Waals surface area contributed by atoms with E-state index in [0.29, 0.717) is 0 Å². The summed E-state index contributed by atoms with van der Waals surface area (Å²) in [5.74, 6) is 3.18. The molecule has 3 aromatic rings. The highest BCUT2D eigenvalue weighted by molar-refractivity contribution is 6.09. The predicted molar refractivity (Wildman–Crippen MR) is 199 cm³/mol. The van der Waals surface area contributed by atoms with E-state index >= 15 is 0 Å². The number of hydrogen-bond donors (Lipinski definition) is 0. The van der Waals surface area contributed by atoms with Crippen molar-refractivity contribution in [3.8, 4) is 0 Å². The van der Waals surface area contributed by atoms with Crippen molar-refractivity contribution >= 4 is 68.7 Å². The van der Waals surface area contributed by atoms with Crippen molar-refractivity contribution < 1.29 is 0 Å². The highest BCUT2D eigenvalue weighted by Gasteiger charge is 2.24. The Bertz CT molecular complexity index is 1430. The fourth-order valence-electron chi connectivity index (χ4n) is 5.83. The number of guanidine groups is 4. The number of fused-ring (bicyclic) bond motifs is 2. The minimum atomic E-state index is 0.761. The molecule has 0 aliphatic heterocycles. The predicted octanol–water partition coefficient (Wildman–Crippen LogP) is 2.72. The normalized spacial score (nSPS) is 12.9. The molecule has 0 unspecified atom stereocenters. The van der Waals surface area contributed by atoms with E-state index in [0.717, 1.165) is 68.7 Å². The SMILES string of the molecule is CN=C(N(C)C)N(C)c1cc2nc3cc(N(C)C(=NC)N(C)C)c(N(C)C(=NC)N(C)C)cc3nc2cc1N(C)C(=NC)N(C)C. The van der Waals surface area contributed by atoms with Crippen LogP contribution in [0.15, 0.2) is 44.2 Å². The Morgan fingerprint density at radius 3 is 0.674 bits per heavy atom. The van der Waals surface area contributed by atoms with Crippen molar-refractivity contribution in [3.63, 3.8) is 0 Å². The van der Waals surface area contributed by atoms with Crippen molar-refractivity contribution in [2.75, 3.05) is 132 Å². The summed E-state index contributed by atoms with van der Waals surface area (Å²) in [6.07, 6.45) is 0. The number of aliphatic imine (C=N–C) groups is 4. The summed E-state index contributed by atoms with van der Waals surface area (Å²) < 4.78 is 0. The lowest BCUT2D eigenvalue weighted by Gasteiger charge is -2.33. The topological polar surface area (TPSA) is 101 Å². The molecule has 14 heteroatoms. The van der Waals surface area contributed by atoms with Gasteiger partial charge in [0.05, 0.1) is 44.8 Å². The van der Waals surface area contributed by atoms with Crippen molar-refractivity contribution in [3.05, 3.63) is 24.3 Å². The van der Waals surface area contributed by atoms with Crippen LogP contribution in [0.4, 0.5) is 22.7 Å². The average Bonchev–Trinajstić information content (AvgIpc) is 2.99. The number of benzene rings is 2. The highest BCUT2D eigenvalue weighted by atomic mass is 15.4. The molecule has 0 bridgehead atoms. The van der Waals surface area contributed by atoms with E-state index in [-0.39, 0.29) is 0 Å². The Morgan fingerprint density at radius 2 is 0.543 bits per heavy atom. The number of aromatic nitrogens is 2. The Kier molecular flexibility index (Phi) is 11.2. The molecule has 0 aliphatic carbocycles. The summed E-state index contributed by atoms with van der Waals surface area (Å²) in [5.41, 5.74) is 6.70. The van der Waals surface area contributed by atoms with E-state index in [9.17, 15) is 0 Å². The van der Waals surface area contributed by atoms with Gasteiger partial charge in [-0.2, -0.15) is 0 Å². The maximum absolute atomic E-state index is 5.18. The fourth-order valence-corrected chi connectivity index (χ4v) is 5.83. The third kappa shape index (κ3) is 6.85. The molecule has 3 rings (SSSR count). The van der Waals surface area contributed by atoms with Gasteiger partial charge in [-0.3, -0.25) is 20.0 Å². The maximum Gasteiger partial charge on any atom is 0.200 e. The van der Waals surface area contributed by atoms with Crippen molar-refractivity contribution in [2.24, 2.45) is 20.0 Å². The lowest BCUT2D eigenvalue weighted by molar-refractivity contribution is 0.605. The first-order valence-corrected chi connectivity index (χ1v) is 14.9. The second-order valence-electron chi connectivity index (χ2n) is 11.8. The smallest absolute Gasteiger partial charge is 0.200 e. The summed E-state index contributed by atoms with van der Waals surface area (Å²) in [7, 11) is 31.0. The first-order valence-electron chi connectivity index (χ1n) is 14.9. The van der Waals surface area contributed by atoms with Gasteiger partial charge in [-0.25, -0.2) is 9.97 Å². The van der Waals surface area contributed by atoms with E-state index in [2.05, 4.69) is 63.8 Å². The monoisotopic (exact) mass is 632 g/mol. The Morgan fingerprint density at radius 1 is 0.370 bits per heavy atom. The molecular formula is C32H52N14. The van der Waals surface area contributed by atoms with Crippen LogP contribution < -0.4 is 19.6 Å². The third-order valence-corrected chi connectivity index (χ3v) is 7.67. The average molecular weight is 633 g/mol. The molecule has 0 radical (unpaired) electrons. The van der Waals surface area contributed by atoms with E-state index < -0.39 is 0 Å². The summed E-state index contributed by atoms with van der Waals surface area (Å²) in [4.78, 5) is 44.8. The molecule has 0 N–H and O–H groups in total. The van der Waals surface area contributed by atoms with Gasteiger partial charge in [0.15, 0.2) is 23.8 Å². The van der Waals surface area contributed by atoms with E-state index in [1.54, 1.807) is 28.2 Å². The fraction of sp³-hybridized carbons (Fsp3) is 0.500. The lowest BCUT2D eigenvalue weighted by Crippen LogP contribution is -2.41. The van der Waals surface area contributed by atoms with Gasteiger partial charge < -0.3 is 39.2 Å². The number of nitrogens with zero attached hydrogens (tertiary/aromatic N) is 14. The lowest BCUT2D eigenvalue weighted by atomic mass is 10.1.